The second kappa shape index (κ2) is 7.85. The Morgan fingerprint density at radius 3 is 2.40 bits per heavy atom. The molecular weight excluding hydrogens is 370 g/mol. The van der Waals surface area contributed by atoms with Crippen LogP contribution in [-0.2, 0) is 20.0 Å². The molecule has 1 heterocycles. The van der Waals surface area contributed by atoms with Gasteiger partial charge < -0.3 is 9.26 Å². The first-order chi connectivity index (χ1) is 11.7. The summed E-state index contributed by atoms with van der Waals surface area (Å²) in [6.07, 6.45) is 0. The summed E-state index contributed by atoms with van der Waals surface area (Å²) in [5.41, 5.74) is 0. The molecule has 9 nitrogen and oxygen atoms in total. The highest BCUT2D eigenvalue weighted by Gasteiger charge is 2.17. The average Bonchev–Trinajstić information content (AvgIpc) is 2.92. The van der Waals surface area contributed by atoms with Crippen LogP contribution in [0, 0.1) is 6.92 Å². The Kier molecular flexibility index (Phi) is 6.03. The van der Waals surface area contributed by atoms with E-state index in [1.807, 2.05) is 6.92 Å². The molecule has 0 aliphatic heterocycles. The lowest BCUT2D eigenvalue weighted by Crippen LogP contribution is -2.31. The monoisotopic (exact) mass is 389 g/mol. The zero-order valence-electron chi connectivity index (χ0n) is 13.7. The molecule has 1 aromatic heterocycles. The third kappa shape index (κ3) is 5.73. The van der Waals surface area contributed by atoms with Crippen LogP contribution in [0.1, 0.15) is 12.7 Å². The molecule has 0 saturated carbocycles. The van der Waals surface area contributed by atoms with Gasteiger partial charge in [-0.2, -0.15) is 0 Å². The van der Waals surface area contributed by atoms with Crippen LogP contribution in [0.2, 0.25) is 0 Å². The third-order valence-electron chi connectivity index (χ3n) is 3.00. The number of aromatic nitrogens is 1. The largest absolute Gasteiger partial charge is 0.494 e. The van der Waals surface area contributed by atoms with Gasteiger partial charge in [0, 0.05) is 12.6 Å². The predicted octanol–water partition coefficient (Wildman–Crippen LogP) is 1.10. The zero-order chi connectivity index (χ0) is 18.5. The van der Waals surface area contributed by atoms with Crippen molar-refractivity contribution in [1.29, 1.82) is 0 Å². The SMILES string of the molecule is CCOc1ccc(S(=O)(=O)NCCS(=O)(=O)Nc2cc(C)on2)cc1. The molecule has 0 atom stereocenters. The van der Waals surface area contributed by atoms with Gasteiger partial charge in [-0.3, -0.25) is 4.72 Å². The van der Waals surface area contributed by atoms with E-state index in [9.17, 15) is 16.8 Å². The number of ether oxygens (including phenoxy) is 1. The molecule has 0 amide bonds. The smallest absolute Gasteiger partial charge is 0.240 e. The van der Waals surface area contributed by atoms with Crippen molar-refractivity contribution >= 4 is 25.9 Å². The van der Waals surface area contributed by atoms with Crippen LogP contribution in [0.5, 0.6) is 5.75 Å². The van der Waals surface area contributed by atoms with Crippen molar-refractivity contribution in [3.05, 3.63) is 36.1 Å². The zero-order valence-corrected chi connectivity index (χ0v) is 15.4. The van der Waals surface area contributed by atoms with E-state index in [-0.39, 0.29) is 17.3 Å². The molecule has 2 N–H and O–H groups in total. The van der Waals surface area contributed by atoms with E-state index in [1.54, 1.807) is 6.92 Å². The molecule has 0 radical (unpaired) electrons. The molecule has 2 aromatic rings. The molecule has 2 rings (SSSR count). The average molecular weight is 389 g/mol. The molecule has 0 saturated heterocycles. The van der Waals surface area contributed by atoms with Gasteiger partial charge in [-0.25, -0.2) is 21.6 Å². The van der Waals surface area contributed by atoms with Gasteiger partial charge in [0.15, 0.2) is 5.82 Å². The Balaban J connectivity index is 1.92. The maximum Gasteiger partial charge on any atom is 0.240 e. The first-order valence-corrected chi connectivity index (χ1v) is 10.5. The lowest BCUT2D eigenvalue weighted by Gasteiger charge is -2.09. The van der Waals surface area contributed by atoms with Gasteiger partial charge in [0.05, 0.1) is 17.3 Å². The summed E-state index contributed by atoms with van der Waals surface area (Å²) in [6, 6.07) is 7.25. The van der Waals surface area contributed by atoms with Gasteiger partial charge in [-0.05, 0) is 38.1 Å². The normalized spacial score (nSPS) is 12.1. The van der Waals surface area contributed by atoms with Crippen molar-refractivity contribution in [2.24, 2.45) is 0 Å². The van der Waals surface area contributed by atoms with Crippen molar-refractivity contribution in [3.8, 4) is 5.75 Å². The van der Waals surface area contributed by atoms with Crippen molar-refractivity contribution in [2.75, 3.05) is 23.6 Å². The number of benzene rings is 1. The molecule has 0 fully saturated rings. The molecule has 0 bridgehead atoms. The number of aryl methyl sites for hydroxylation is 1. The molecule has 0 unspecified atom stereocenters. The highest BCUT2D eigenvalue weighted by Crippen LogP contribution is 2.15. The van der Waals surface area contributed by atoms with Crippen LogP contribution in [-0.4, -0.2) is 40.9 Å². The highest BCUT2D eigenvalue weighted by molar-refractivity contribution is 7.92. The standard InChI is InChI=1S/C14H19N3O6S2/c1-3-22-12-4-6-13(7-5-12)25(20,21)15-8-9-24(18,19)17-14-10-11(2)23-16-14/h4-7,10,15H,3,8-9H2,1-2H3,(H,16,17). The Labute approximate surface area is 146 Å². The van der Waals surface area contributed by atoms with Gasteiger partial charge in [0.25, 0.3) is 0 Å². The molecule has 1 aromatic carbocycles. The minimum atomic E-state index is -3.82. The fourth-order valence-corrected chi connectivity index (χ4v) is 3.95. The minimum absolute atomic E-state index is 0.0217. The molecule has 25 heavy (non-hydrogen) atoms. The van der Waals surface area contributed by atoms with E-state index in [2.05, 4.69) is 14.6 Å². The molecule has 0 aliphatic rings. The summed E-state index contributed by atoms with van der Waals surface area (Å²) in [4.78, 5) is 0.0217. The second-order valence-electron chi connectivity index (χ2n) is 5.05. The topological polar surface area (TPSA) is 128 Å². The maximum absolute atomic E-state index is 12.2. The van der Waals surface area contributed by atoms with Crippen molar-refractivity contribution in [1.82, 2.24) is 9.88 Å². The second-order valence-corrected chi connectivity index (χ2v) is 8.65. The predicted molar refractivity (Wildman–Crippen MR) is 91.4 cm³/mol. The van der Waals surface area contributed by atoms with Crippen molar-refractivity contribution < 1.29 is 26.1 Å². The molecular formula is C14H19N3O6S2. The lowest BCUT2D eigenvalue weighted by molar-refractivity contribution is 0.340. The number of nitrogens with one attached hydrogen (secondary N) is 2. The van der Waals surface area contributed by atoms with Crippen LogP contribution in [0.4, 0.5) is 5.82 Å². The van der Waals surface area contributed by atoms with E-state index in [0.717, 1.165) is 0 Å². The number of anilines is 1. The molecule has 0 spiro atoms. The van der Waals surface area contributed by atoms with Gasteiger partial charge in [-0.15, -0.1) is 0 Å². The van der Waals surface area contributed by atoms with E-state index in [4.69, 9.17) is 9.26 Å². The summed E-state index contributed by atoms with van der Waals surface area (Å²) < 4.78 is 62.6. The number of sulfonamides is 2. The van der Waals surface area contributed by atoms with Crippen LogP contribution >= 0.6 is 0 Å². The number of hydrogen-bond donors (Lipinski definition) is 2. The van der Waals surface area contributed by atoms with Crippen molar-refractivity contribution in [3.63, 3.8) is 0 Å². The summed E-state index contributed by atoms with van der Waals surface area (Å²) >= 11 is 0. The fraction of sp³-hybridized carbons (Fsp3) is 0.357. The third-order valence-corrected chi connectivity index (χ3v) is 5.73. The quantitative estimate of drug-likeness (QED) is 0.657. The van der Waals surface area contributed by atoms with E-state index >= 15 is 0 Å². The Morgan fingerprint density at radius 1 is 1.16 bits per heavy atom. The first-order valence-electron chi connectivity index (χ1n) is 7.38. The van der Waals surface area contributed by atoms with E-state index < -0.39 is 25.8 Å². The Morgan fingerprint density at radius 2 is 1.84 bits per heavy atom. The Bertz CT molecular complexity index is 904. The number of hydrogen-bond acceptors (Lipinski definition) is 7. The summed E-state index contributed by atoms with van der Waals surface area (Å²) in [5.74, 6) is 0.603. The highest BCUT2D eigenvalue weighted by atomic mass is 32.2. The van der Waals surface area contributed by atoms with Crippen LogP contribution in [0.3, 0.4) is 0 Å². The van der Waals surface area contributed by atoms with Crippen LogP contribution < -0.4 is 14.2 Å². The fourth-order valence-electron chi connectivity index (χ4n) is 1.90. The van der Waals surface area contributed by atoms with E-state index in [1.165, 1.54) is 30.3 Å². The maximum atomic E-state index is 12.2. The number of nitrogens with zero attached hydrogens (tertiary/aromatic N) is 1. The van der Waals surface area contributed by atoms with Gasteiger partial charge in [0.2, 0.25) is 20.0 Å². The van der Waals surface area contributed by atoms with Crippen molar-refractivity contribution in [2.45, 2.75) is 18.7 Å². The van der Waals surface area contributed by atoms with Crippen LogP contribution in [0.25, 0.3) is 0 Å². The minimum Gasteiger partial charge on any atom is -0.494 e. The number of rotatable bonds is 9. The summed E-state index contributed by atoms with van der Waals surface area (Å²) in [5, 5.41) is 3.51. The summed E-state index contributed by atoms with van der Waals surface area (Å²) in [6.45, 7) is 3.62. The molecule has 0 aliphatic carbocycles. The van der Waals surface area contributed by atoms with Gasteiger partial charge >= 0.3 is 0 Å². The molecule has 138 valence electrons. The lowest BCUT2D eigenvalue weighted by atomic mass is 10.3. The van der Waals surface area contributed by atoms with E-state index in [0.29, 0.717) is 18.1 Å². The van der Waals surface area contributed by atoms with Crippen LogP contribution in [0.15, 0.2) is 39.8 Å². The van der Waals surface area contributed by atoms with Gasteiger partial charge in [-0.1, -0.05) is 5.16 Å². The first kappa shape index (κ1) is 19.2. The Hall–Kier alpha value is -2.11. The summed E-state index contributed by atoms with van der Waals surface area (Å²) in [7, 11) is -7.57. The molecule has 11 heteroatoms. The van der Waals surface area contributed by atoms with Gasteiger partial charge in [0.1, 0.15) is 11.5 Å².